The summed E-state index contributed by atoms with van der Waals surface area (Å²) in [5, 5.41) is 10.2. The lowest BCUT2D eigenvalue weighted by Crippen LogP contribution is -2.26. The minimum atomic E-state index is -5.05. The van der Waals surface area contributed by atoms with Crippen molar-refractivity contribution in [2.24, 2.45) is 0 Å². The average molecular weight is 415 g/mol. The number of benzene rings is 3. The summed E-state index contributed by atoms with van der Waals surface area (Å²) in [7, 11) is -5.05. The molecule has 0 aliphatic rings. The molecule has 0 radical (unpaired) electrons. The Morgan fingerprint density at radius 3 is 2.17 bits per heavy atom. The van der Waals surface area contributed by atoms with Gasteiger partial charge >= 0.3 is 10.5 Å². The number of phenolic OH excluding ortho intramolecular Hbond substituents is 1. The second-order valence-corrected chi connectivity index (χ2v) is 7.69. The van der Waals surface area contributed by atoms with Gasteiger partial charge in [0.1, 0.15) is 11.5 Å². The number of hydrogen-bond donors (Lipinski definition) is 1. The molecule has 0 saturated heterocycles. The van der Waals surface area contributed by atoms with Gasteiger partial charge in [0.25, 0.3) is 0 Å². The number of halogens is 1. The number of phenols is 1. The summed E-state index contributed by atoms with van der Waals surface area (Å²) < 4.78 is 38.2. The lowest BCUT2D eigenvalue weighted by molar-refractivity contribution is 0.190. The molecule has 0 spiro atoms. The van der Waals surface area contributed by atoms with Crippen molar-refractivity contribution in [2.75, 3.05) is 0 Å². The molecule has 1 unspecified atom stereocenters. The predicted octanol–water partition coefficient (Wildman–Crippen LogP) is 4.75. The highest BCUT2D eigenvalue weighted by Crippen LogP contribution is 2.28. The van der Waals surface area contributed by atoms with E-state index in [-0.39, 0.29) is 17.5 Å². The van der Waals surface area contributed by atoms with Gasteiger partial charge in [0, 0.05) is 24.7 Å². The maximum Gasteiger partial charge on any atom is 0.488 e. The Balaban J connectivity index is 1.84. The summed E-state index contributed by atoms with van der Waals surface area (Å²) >= 11 is 0. The molecule has 29 heavy (non-hydrogen) atoms. The fourth-order valence-corrected chi connectivity index (χ4v) is 3.48. The maximum atomic E-state index is 12.7. The van der Waals surface area contributed by atoms with Crippen molar-refractivity contribution in [3.05, 3.63) is 95.6 Å². The van der Waals surface area contributed by atoms with E-state index in [1.165, 1.54) is 12.1 Å². The Bertz CT molecular complexity index is 1040. The van der Waals surface area contributed by atoms with Crippen molar-refractivity contribution in [3.63, 3.8) is 0 Å². The molecule has 1 N–H and O–H groups in total. The van der Waals surface area contributed by atoms with Crippen molar-refractivity contribution >= 4 is 10.5 Å². The molecule has 0 heterocycles. The van der Waals surface area contributed by atoms with Crippen LogP contribution in [0.4, 0.5) is 3.89 Å². The number of nitrogens with zero attached hydrogens (tertiary/aromatic N) is 1. The highest BCUT2D eigenvalue weighted by atomic mass is 32.3. The quantitative estimate of drug-likeness (QED) is 0.538. The highest BCUT2D eigenvalue weighted by molar-refractivity contribution is 7.81. The van der Waals surface area contributed by atoms with E-state index in [2.05, 4.69) is 16.0 Å². The van der Waals surface area contributed by atoms with Crippen molar-refractivity contribution in [2.45, 2.75) is 26.1 Å². The number of para-hydroxylation sites is 1. The molecule has 0 aromatic heterocycles. The molecule has 3 aromatic carbocycles. The summed E-state index contributed by atoms with van der Waals surface area (Å²) in [5.74, 6) is 0.147. The fourth-order valence-electron chi connectivity index (χ4n) is 3.14. The van der Waals surface area contributed by atoms with Crippen LogP contribution in [0.25, 0.3) is 0 Å². The lowest BCUT2D eigenvalue weighted by atomic mass is 10.0. The molecule has 0 saturated carbocycles. The molecule has 3 aromatic rings. The fraction of sp³-hybridized carbons (Fsp3) is 0.182. The smallest absolute Gasteiger partial charge is 0.488 e. The summed E-state index contributed by atoms with van der Waals surface area (Å²) in [6, 6.07) is 23.5. The summed E-state index contributed by atoms with van der Waals surface area (Å²) in [5.41, 5.74) is 2.83. The molecule has 0 bridgehead atoms. The minimum Gasteiger partial charge on any atom is -0.508 e. The van der Waals surface area contributed by atoms with E-state index in [4.69, 9.17) is 0 Å². The molecule has 0 fully saturated rings. The first-order valence-corrected chi connectivity index (χ1v) is 10.4. The van der Waals surface area contributed by atoms with E-state index in [0.29, 0.717) is 13.1 Å². The maximum absolute atomic E-state index is 12.7. The van der Waals surface area contributed by atoms with Gasteiger partial charge in [0.15, 0.2) is 0 Å². The van der Waals surface area contributed by atoms with Crippen molar-refractivity contribution in [1.82, 2.24) is 4.90 Å². The molecule has 7 heteroatoms. The monoisotopic (exact) mass is 415 g/mol. The summed E-state index contributed by atoms with van der Waals surface area (Å²) in [6.45, 7) is 3.13. The van der Waals surface area contributed by atoms with Crippen LogP contribution >= 0.6 is 0 Å². The van der Waals surface area contributed by atoms with Crippen LogP contribution in [-0.4, -0.2) is 18.4 Å². The van der Waals surface area contributed by atoms with E-state index in [9.17, 15) is 17.4 Å². The first kappa shape index (κ1) is 20.8. The zero-order valence-electron chi connectivity index (χ0n) is 15.9. The molecular weight excluding hydrogens is 393 g/mol. The van der Waals surface area contributed by atoms with E-state index >= 15 is 0 Å². The van der Waals surface area contributed by atoms with Gasteiger partial charge in [0.2, 0.25) is 0 Å². The molecule has 0 amide bonds. The number of aromatic hydroxyl groups is 1. The van der Waals surface area contributed by atoms with Crippen LogP contribution in [0.3, 0.4) is 0 Å². The van der Waals surface area contributed by atoms with Crippen LogP contribution in [-0.2, 0) is 23.6 Å². The Morgan fingerprint density at radius 1 is 0.931 bits per heavy atom. The van der Waals surface area contributed by atoms with E-state index in [1.54, 1.807) is 24.3 Å². The SMILES string of the molecule is CC(c1ccccc1)N(Cc1ccc(OS(=O)(=O)F)cc1)Cc1ccccc1O. The van der Waals surface area contributed by atoms with Gasteiger partial charge in [0.05, 0.1) is 0 Å². The van der Waals surface area contributed by atoms with Gasteiger partial charge in [-0.25, -0.2) is 0 Å². The average Bonchev–Trinajstić information content (AvgIpc) is 2.69. The number of hydrogen-bond acceptors (Lipinski definition) is 5. The second kappa shape index (κ2) is 9.07. The van der Waals surface area contributed by atoms with E-state index < -0.39 is 10.5 Å². The molecule has 152 valence electrons. The standard InChI is InChI=1S/C22H22FNO4S/c1-17(19-7-3-2-4-8-19)24(16-20-9-5-6-10-22(20)25)15-18-11-13-21(14-12-18)28-29(23,26)27/h2-14,17,25H,15-16H2,1H3. The third-order valence-electron chi connectivity index (χ3n) is 4.70. The van der Waals surface area contributed by atoms with Crippen molar-refractivity contribution in [3.8, 4) is 11.5 Å². The molecular formula is C22H22FNO4S. The Morgan fingerprint density at radius 2 is 1.55 bits per heavy atom. The van der Waals surface area contributed by atoms with Crippen LogP contribution in [0.2, 0.25) is 0 Å². The van der Waals surface area contributed by atoms with E-state index in [0.717, 1.165) is 16.7 Å². The van der Waals surface area contributed by atoms with Crippen LogP contribution < -0.4 is 4.18 Å². The highest BCUT2D eigenvalue weighted by Gasteiger charge is 2.18. The zero-order valence-corrected chi connectivity index (χ0v) is 16.7. The van der Waals surface area contributed by atoms with Crippen molar-refractivity contribution < 1.29 is 21.6 Å². The summed E-state index contributed by atoms with van der Waals surface area (Å²) in [4.78, 5) is 2.19. The van der Waals surface area contributed by atoms with Gasteiger partial charge in [-0.2, -0.15) is 8.42 Å². The van der Waals surface area contributed by atoms with Gasteiger partial charge in [-0.15, -0.1) is 0 Å². The molecule has 0 aliphatic heterocycles. The molecule has 5 nitrogen and oxygen atoms in total. The molecule has 0 aliphatic carbocycles. The third kappa shape index (κ3) is 6.04. The Labute approximate surface area is 170 Å². The third-order valence-corrected chi connectivity index (χ3v) is 5.09. The summed E-state index contributed by atoms with van der Waals surface area (Å²) in [6.07, 6.45) is 0. The minimum absolute atomic E-state index is 0.0537. The lowest BCUT2D eigenvalue weighted by Gasteiger charge is -2.30. The zero-order chi connectivity index (χ0) is 20.9. The van der Waals surface area contributed by atoms with Gasteiger partial charge in [-0.3, -0.25) is 4.90 Å². The van der Waals surface area contributed by atoms with Crippen LogP contribution in [0, 0.1) is 0 Å². The number of rotatable bonds is 8. The predicted molar refractivity (Wildman–Crippen MR) is 109 cm³/mol. The van der Waals surface area contributed by atoms with Crippen molar-refractivity contribution in [1.29, 1.82) is 0 Å². The first-order valence-electron chi connectivity index (χ1n) is 9.11. The normalized spacial score (nSPS) is 12.7. The molecule has 3 rings (SSSR count). The van der Waals surface area contributed by atoms with Crippen LogP contribution in [0.5, 0.6) is 11.5 Å². The van der Waals surface area contributed by atoms with Crippen LogP contribution in [0.15, 0.2) is 78.9 Å². The first-order chi connectivity index (χ1) is 13.8. The topological polar surface area (TPSA) is 66.8 Å². The van der Waals surface area contributed by atoms with E-state index in [1.807, 2.05) is 42.5 Å². The Kier molecular flexibility index (Phi) is 6.51. The Hall–Kier alpha value is -2.90. The van der Waals surface area contributed by atoms with Gasteiger partial charge in [-0.1, -0.05) is 64.5 Å². The van der Waals surface area contributed by atoms with Crippen LogP contribution in [0.1, 0.15) is 29.7 Å². The molecule has 1 atom stereocenters. The van der Waals surface area contributed by atoms with Gasteiger partial charge < -0.3 is 9.29 Å². The van der Waals surface area contributed by atoms with Gasteiger partial charge in [-0.05, 0) is 36.2 Å². The second-order valence-electron chi connectivity index (χ2n) is 6.74. The largest absolute Gasteiger partial charge is 0.508 e.